The van der Waals surface area contributed by atoms with E-state index >= 15 is 0 Å². The van der Waals surface area contributed by atoms with E-state index in [2.05, 4.69) is 11.6 Å². The molecule has 118 valence electrons. The second-order valence-corrected chi connectivity index (χ2v) is 6.04. The van der Waals surface area contributed by atoms with Gasteiger partial charge in [-0.15, -0.1) is 6.58 Å². The van der Waals surface area contributed by atoms with Crippen LogP contribution in [0.1, 0.15) is 19.8 Å². The van der Waals surface area contributed by atoms with Crippen LogP contribution in [0.2, 0.25) is 0 Å². The van der Waals surface area contributed by atoms with E-state index in [1.165, 1.54) is 6.92 Å². The summed E-state index contributed by atoms with van der Waals surface area (Å²) in [5.74, 6) is -4.71. The van der Waals surface area contributed by atoms with Gasteiger partial charge in [-0.2, -0.15) is 0 Å². The summed E-state index contributed by atoms with van der Waals surface area (Å²) in [5.41, 5.74) is 0. The average Bonchev–Trinajstić information content (AvgIpc) is 2.77. The summed E-state index contributed by atoms with van der Waals surface area (Å²) in [6.07, 6.45) is 1.73. The van der Waals surface area contributed by atoms with Crippen molar-refractivity contribution in [2.45, 2.75) is 31.6 Å². The number of aliphatic imine (C=N–C) groups is 1. The van der Waals surface area contributed by atoms with Gasteiger partial charge in [-0.05, 0) is 13.3 Å². The van der Waals surface area contributed by atoms with Gasteiger partial charge in [0.15, 0.2) is 5.92 Å². The van der Waals surface area contributed by atoms with Crippen LogP contribution in [0.15, 0.2) is 17.6 Å². The van der Waals surface area contributed by atoms with E-state index in [1.807, 2.05) is 0 Å². The first-order valence-electron chi connectivity index (χ1n) is 6.31. The zero-order valence-electron chi connectivity index (χ0n) is 11.5. The summed E-state index contributed by atoms with van der Waals surface area (Å²) in [4.78, 5) is 27.6. The van der Waals surface area contributed by atoms with Crippen LogP contribution < -0.4 is 0 Å². The molecule has 8 nitrogen and oxygen atoms in total. The van der Waals surface area contributed by atoms with Crippen molar-refractivity contribution in [1.29, 1.82) is 0 Å². The fourth-order valence-electron chi connectivity index (χ4n) is 2.15. The Labute approximate surface area is 150 Å². The Kier molecular flexibility index (Phi) is 8.85. The summed E-state index contributed by atoms with van der Waals surface area (Å²) in [6, 6.07) is -0.561. The summed E-state index contributed by atoms with van der Waals surface area (Å²) < 4.78 is 22.2. The Hall–Kier alpha value is -0.950. The second-order valence-electron chi connectivity index (χ2n) is 4.73. The SMILES string of the molecule is C=CCC1=NC(CC(C(=O)O)C(=O)O)CN1C(C)P(=O)=O.[NaH]. The van der Waals surface area contributed by atoms with Gasteiger partial charge in [0.05, 0.1) is 6.04 Å². The van der Waals surface area contributed by atoms with Crippen molar-refractivity contribution in [2.75, 3.05) is 6.54 Å². The fourth-order valence-corrected chi connectivity index (χ4v) is 2.60. The molecule has 0 aromatic carbocycles. The molecule has 0 aromatic rings. The van der Waals surface area contributed by atoms with Crippen LogP contribution >= 0.6 is 7.68 Å². The van der Waals surface area contributed by atoms with Gasteiger partial charge < -0.3 is 15.1 Å². The zero-order valence-corrected chi connectivity index (χ0v) is 12.4. The van der Waals surface area contributed by atoms with Crippen molar-refractivity contribution in [2.24, 2.45) is 10.9 Å². The molecule has 0 aliphatic carbocycles. The Balaban J connectivity index is 0.00000441. The molecule has 0 saturated heterocycles. The third kappa shape index (κ3) is 5.35. The van der Waals surface area contributed by atoms with Crippen molar-refractivity contribution >= 4 is 55.0 Å². The molecule has 22 heavy (non-hydrogen) atoms. The van der Waals surface area contributed by atoms with Crippen LogP contribution in [0.4, 0.5) is 0 Å². The van der Waals surface area contributed by atoms with Crippen molar-refractivity contribution in [3.8, 4) is 0 Å². The third-order valence-corrected chi connectivity index (χ3v) is 4.15. The van der Waals surface area contributed by atoms with Gasteiger partial charge >= 0.3 is 49.2 Å². The molecule has 2 N–H and O–H groups in total. The number of nitrogens with zero attached hydrogens (tertiary/aromatic N) is 2. The average molecular weight is 340 g/mol. The number of carboxylic acids is 2. The van der Waals surface area contributed by atoms with Gasteiger partial charge in [-0.1, -0.05) is 6.08 Å². The number of rotatable bonds is 8. The van der Waals surface area contributed by atoms with Crippen molar-refractivity contribution < 1.29 is 28.9 Å². The van der Waals surface area contributed by atoms with Gasteiger partial charge in [0.2, 0.25) is 0 Å². The van der Waals surface area contributed by atoms with E-state index < -0.39 is 37.4 Å². The molecule has 2 unspecified atom stereocenters. The van der Waals surface area contributed by atoms with Crippen LogP contribution in [-0.4, -0.2) is 80.8 Å². The maximum absolute atomic E-state index is 11.1. The van der Waals surface area contributed by atoms with E-state index in [9.17, 15) is 18.7 Å². The number of amidine groups is 1. The van der Waals surface area contributed by atoms with Crippen LogP contribution in [0.25, 0.3) is 0 Å². The zero-order chi connectivity index (χ0) is 16.2. The fraction of sp³-hybridized carbons (Fsp3) is 0.583. The monoisotopic (exact) mass is 340 g/mol. The van der Waals surface area contributed by atoms with E-state index in [4.69, 9.17) is 10.2 Å². The predicted octanol–water partition coefficient (Wildman–Crippen LogP) is 0.691. The standard InChI is InChI=1S/C12H17N2O6P.Na.H/c1-3-4-10-13-8(5-9(11(15)16)12(17)18)6-14(10)7(2)21(19)20;;/h3,7-9H,1,4-6H2,2H3,(H,15,16)(H,17,18);;. The molecule has 0 fully saturated rings. The van der Waals surface area contributed by atoms with E-state index in [1.54, 1.807) is 11.0 Å². The Morgan fingerprint density at radius 1 is 1.45 bits per heavy atom. The van der Waals surface area contributed by atoms with Crippen molar-refractivity contribution in [3.63, 3.8) is 0 Å². The first-order chi connectivity index (χ1) is 9.77. The first kappa shape index (κ1) is 21.0. The van der Waals surface area contributed by atoms with E-state index in [-0.39, 0.29) is 42.5 Å². The van der Waals surface area contributed by atoms with E-state index in [0.29, 0.717) is 12.3 Å². The Morgan fingerprint density at radius 2 is 2.00 bits per heavy atom. The first-order valence-corrected chi connectivity index (χ1v) is 7.55. The number of carbonyl (C=O) groups is 2. The Bertz CT molecular complexity index is 526. The minimum atomic E-state index is -2.70. The number of hydrogen-bond donors (Lipinski definition) is 2. The molecule has 0 spiro atoms. The molecule has 10 heteroatoms. The van der Waals surface area contributed by atoms with Gasteiger partial charge in [0.1, 0.15) is 11.6 Å². The predicted molar refractivity (Wildman–Crippen MR) is 81.0 cm³/mol. The second kappa shape index (κ2) is 9.25. The maximum atomic E-state index is 11.1. The number of aliphatic carboxylic acids is 2. The summed E-state index contributed by atoms with van der Waals surface area (Å²) in [6.45, 7) is 5.24. The minimum absolute atomic E-state index is 0. The molecule has 1 heterocycles. The topological polar surface area (TPSA) is 124 Å². The molecule has 0 amide bonds. The molecule has 1 aliphatic heterocycles. The van der Waals surface area contributed by atoms with Crippen LogP contribution in [0.5, 0.6) is 0 Å². The molecule has 1 aliphatic rings. The molecule has 2 atom stereocenters. The molecular weight excluding hydrogens is 322 g/mol. The van der Waals surface area contributed by atoms with Crippen LogP contribution in [0, 0.1) is 5.92 Å². The van der Waals surface area contributed by atoms with Crippen molar-refractivity contribution in [3.05, 3.63) is 12.7 Å². The summed E-state index contributed by atoms with van der Waals surface area (Å²) in [5, 5.41) is 17.8. The molecule has 0 aromatic heterocycles. The molecule has 0 bridgehead atoms. The summed E-state index contributed by atoms with van der Waals surface area (Å²) >= 11 is 0. The molecule has 0 radical (unpaired) electrons. The van der Waals surface area contributed by atoms with E-state index in [0.717, 1.165) is 0 Å². The number of carboxylic acid groups (broad SMARTS) is 2. The molecule has 1 rings (SSSR count). The van der Waals surface area contributed by atoms with Gasteiger partial charge in [0.25, 0.3) is 0 Å². The van der Waals surface area contributed by atoms with Gasteiger partial charge in [-0.25, -0.2) is 9.13 Å². The Morgan fingerprint density at radius 3 is 2.41 bits per heavy atom. The quantitative estimate of drug-likeness (QED) is 0.288. The number of hydrogen-bond acceptors (Lipinski definition) is 6. The van der Waals surface area contributed by atoms with Crippen LogP contribution in [0.3, 0.4) is 0 Å². The molecule has 0 saturated carbocycles. The normalized spacial score (nSPS) is 18.4. The third-order valence-electron chi connectivity index (χ3n) is 3.26. The summed E-state index contributed by atoms with van der Waals surface area (Å²) in [7, 11) is -2.70. The van der Waals surface area contributed by atoms with Gasteiger partial charge in [0, 0.05) is 13.0 Å². The van der Waals surface area contributed by atoms with Crippen molar-refractivity contribution in [1.82, 2.24) is 4.90 Å². The van der Waals surface area contributed by atoms with Gasteiger partial charge in [-0.3, -0.25) is 14.6 Å². The molecular formula is C12H18N2NaO6P. The van der Waals surface area contributed by atoms with Crippen LogP contribution in [-0.2, 0) is 18.7 Å².